The molecule has 0 fully saturated rings. The predicted molar refractivity (Wildman–Crippen MR) is 118 cm³/mol. The van der Waals surface area contributed by atoms with Crippen LogP contribution in [0, 0.1) is 11.3 Å². The van der Waals surface area contributed by atoms with Crippen LogP contribution in [0.2, 0.25) is 0 Å². The zero-order valence-corrected chi connectivity index (χ0v) is 17.4. The largest absolute Gasteiger partial charge is 0.480 e. The van der Waals surface area contributed by atoms with E-state index < -0.39 is 11.2 Å². The lowest BCUT2D eigenvalue weighted by atomic mass is 10.1. The first-order valence-electron chi connectivity index (χ1n) is 8.64. The molecule has 0 bridgehead atoms. The lowest BCUT2D eigenvalue weighted by molar-refractivity contribution is -0.136. The third-order valence-corrected chi connectivity index (χ3v) is 7.24. The van der Waals surface area contributed by atoms with Crippen LogP contribution in [0.1, 0.15) is 16.4 Å². The number of carboxylic acid groups (broad SMARTS) is 1. The maximum Gasteiger partial charge on any atom is 0.321 e. The van der Waals surface area contributed by atoms with Crippen molar-refractivity contribution in [1.29, 1.82) is 5.26 Å². The lowest BCUT2D eigenvalue weighted by Gasteiger charge is -2.15. The van der Waals surface area contributed by atoms with Crippen LogP contribution in [-0.2, 0) is 4.79 Å². The van der Waals surface area contributed by atoms with Gasteiger partial charge in [-0.2, -0.15) is 5.26 Å². The Kier molecular flexibility index (Phi) is 5.76. The molecular weight excluding hydrogens is 420 g/mol. The first kappa shape index (κ1) is 19.4. The van der Waals surface area contributed by atoms with Gasteiger partial charge in [0.05, 0.1) is 16.1 Å². The molecule has 0 amide bonds. The molecule has 1 atom stereocenters. The van der Waals surface area contributed by atoms with E-state index in [0.717, 1.165) is 32.8 Å². The Bertz CT molecular complexity index is 1170. The quantitative estimate of drug-likeness (QED) is 0.359. The van der Waals surface area contributed by atoms with Crippen LogP contribution in [-0.4, -0.2) is 16.1 Å². The number of nitriles is 1. The van der Waals surface area contributed by atoms with E-state index in [-0.39, 0.29) is 0 Å². The second-order valence-electron chi connectivity index (χ2n) is 6.05. The molecule has 0 aliphatic heterocycles. The minimum atomic E-state index is -0.967. The fourth-order valence-corrected chi connectivity index (χ4v) is 5.37. The highest BCUT2D eigenvalue weighted by atomic mass is 32.2. The number of rotatable bonds is 6. The Labute approximate surface area is 180 Å². The number of carbonyl (C=O) groups is 1. The van der Waals surface area contributed by atoms with Gasteiger partial charge in [0.2, 0.25) is 0 Å². The summed E-state index contributed by atoms with van der Waals surface area (Å²) in [5.41, 5.74) is 2.58. The summed E-state index contributed by atoms with van der Waals surface area (Å²) in [5, 5.41) is 23.2. The van der Waals surface area contributed by atoms with Gasteiger partial charge in [-0.1, -0.05) is 54.2 Å². The molecule has 4 aromatic rings. The maximum atomic E-state index is 12.0. The number of thioether (sulfide) groups is 1. The summed E-state index contributed by atoms with van der Waals surface area (Å²) in [7, 11) is 0. The summed E-state index contributed by atoms with van der Waals surface area (Å²) < 4.78 is 0. The number of pyridine rings is 1. The van der Waals surface area contributed by atoms with Crippen LogP contribution >= 0.6 is 34.4 Å². The van der Waals surface area contributed by atoms with Crippen LogP contribution in [0.5, 0.6) is 0 Å². The highest BCUT2D eigenvalue weighted by Gasteiger charge is 2.25. The van der Waals surface area contributed by atoms with Crippen molar-refractivity contribution >= 4 is 40.4 Å². The van der Waals surface area contributed by atoms with Gasteiger partial charge in [0.1, 0.15) is 16.3 Å². The smallest absolute Gasteiger partial charge is 0.321 e. The predicted octanol–water partition coefficient (Wildman–Crippen LogP) is 6.33. The first-order valence-corrected chi connectivity index (χ1v) is 11.3. The van der Waals surface area contributed by atoms with Gasteiger partial charge in [-0.25, -0.2) is 4.98 Å². The van der Waals surface area contributed by atoms with Crippen molar-refractivity contribution in [3.8, 4) is 27.1 Å². The van der Waals surface area contributed by atoms with Crippen LogP contribution in [0.3, 0.4) is 0 Å². The summed E-state index contributed by atoms with van der Waals surface area (Å²) >= 11 is 4.20. The summed E-state index contributed by atoms with van der Waals surface area (Å²) in [6.07, 6.45) is 0. The van der Waals surface area contributed by atoms with Crippen molar-refractivity contribution in [2.45, 2.75) is 10.3 Å². The number of benzene rings is 1. The number of aromatic nitrogens is 1. The summed E-state index contributed by atoms with van der Waals surface area (Å²) in [6, 6.07) is 21.0. The highest BCUT2D eigenvalue weighted by Crippen LogP contribution is 2.41. The molecule has 0 spiro atoms. The summed E-state index contributed by atoms with van der Waals surface area (Å²) in [5.74, 6) is -0.967. The van der Waals surface area contributed by atoms with Crippen LogP contribution in [0.25, 0.3) is 21.0 Å². The highest BCUT2D eigenvalue weighted by molar-refractivity contribution is 8.00. The molecule has 0 unspecified atom stereocenters. The third-order valence-electron chi connectivity index (χ3n) is 4.21. The molecule has 7 heteroatoms. The zero-order chi connectivity index (χ0) is 20.2. The molecule has 0 aliphatic rings. The Hall–Kier alpha value is -2.92. The van der Waals surface area contributed by atoms with E-state index in [1.165, 1.54) is 0 Å². The minimum absolute atomic E-state index is 0.403. The molecule has 4 nitrogen and oxygen atoms in total. The van der Waals surface area contributed by atoms with Crippen molar-refractivity contribution < 1.29 is 9.90 Å². The van der Waals surface area contributed by atoms with Gasteiger partial charge in [0.15, 0.2) is 0 Å². The van der Waals surface area contributed by atoms with Gasteiger partial charge in [-0.15, -0.1) is 22.7 Å². The van der Waals surface area contributed by atoms with Crippen molar-refractivity contribution in [2.75, 3.05) is 0 Å². The molecule has 1 aromatic carbocycles. The Morgan fingerprint density at radius 1 is 1.03 bits per heavy atom. The van der Waals surface area contributed by atoms with Gasteiger partial charge in [-0.3, -0.25) is 4.79 Å². The minimum Gasteiger partial charge on any atom is -0.480 e. The van der Waals surface area contributed by atoms with E-state index in [1.54, 1.807) is 34.8 Å². The zero-order valence-electron chi connectivity index (χ0n) is 15.0. The van der Waals surface area contributed by atoms with Crippen LogP contribution in [0.15, 0.2) is 76.4 Å². The van der Waals surface area contributed by atoms with Gasteiger partial charge in [0.25, 0.3) is 0 Å². The van der Waals surface area contributed by atoms with Crippen molar-refractivity contribution in [3.63, 3.8) is 0 Å². The van der Waals surface area contributed by atoms with E-state index in [1.807, 2.05) is 59.3 Å². The van der Waals surface area contributed by atoms with Crippen LogP contribution < -0.4 is 0 Å². The topological polar surface area (TPSA) is 74.0 Å². The molecule has 4 rings (SSSR count). The average molecular weight is 435 g/mol. The van der Waals surface area contributed by atoms with Crippen molar-refractivity contribution in [1.82, 2.24) is 4.98 Å². The monoisotopic (exact) mass is 434 g/mol. The second-order valence-corrected chi connectivity index (χ2v) is 9.04. The number of nitrogens with zero attached hydrogens (tertiary/aromatic N) is 2. The Morgan fingerprint density at radius 2 is 1.72 bits per heavy atom. The fraction of sp³-hybridized carbons (Fsp3) is 0.0455. The number of hydrogen-bond acceptors (Lipinski definition) is 6. The van der Waals surface area contributed by atoms with Gasteiger partial charge in [0, 0.05) is 10.4 Å². The average Bonchev–Trinajstić information content (AvgIpc) is 3.46. The van der Waals surface area contributed by atoms with E-state index in [4.69, 9.17) is 4.98 Å². The molecule has 0 saturated carbocycles. The standard InChI is InChI=1S/C22H14N2O2S3/c23-13-16-15(18-8-4-10-27-18)12-17(19-9-5-11-28-19)24-21(16)29-20(22(25)26)14-6-2-1-3-7-14/h1-12,20H,(H,25,26)/t20-/m1/s1. The molecule has 1 N–H and O–H groups in total. The molecule has 0 saturated heterocycles. The molecule has 29 heavy (non-hydrogen) atoms. The molecule has 3 aromatic heterocycles. The molecule has 142 valence electrons. The third kappa shape index (κ3) is 4.10. The number of hydrogen-bond donors (Lipinski definition) is 1. The summed E-state index contributed by atoms with van der Waals surface area (Å²) in [4.78, 5) is 18.6. The number of aliphatic carboxylic acids is 1. The molecular formula is C22H14N2O2S3. The lowest BCUT2D eigenvalue weighted by Crippen LogP contribution is -2.09. The van der Waals surface area contributed by atoms with Gasteiger partial charge in [-0.05, 0) is 34.5 Å². The maximum absolute atomic E-state index is 12.0. The molecule has 0 radical (unpaired) electrons. The van der Waals surface area contributed by atoms with Gasteiger partial charge < -0.3 is 5.11 Å². The van der Waals surface area contributed by atoms with E-state index in [2.05, 4.69) is 6.07 Å². The molecule has 0 aliphatic carbocycles. The summed E-state index contributed by atoms with van der Waals surface area (Å²) in [6.45, 7) is 0. The fourth-order valence-electron chi connectivity index (χ4n) is 2.89. The number of carboxylic acids is 1. The second kappa shape index (κ2) is 8.62. The SMILES string of the molecule is N#Cc1c(-c2cccs2)cc(-c2cccs2)nc1S[C@@H](C(=O)O)c1ccccc1. The Balaban J connectivity index is 1.87. The first-order chi connectivity index (χ1) is 14.2. The van der Waals surface area contributed by atoms with Crippen molar-refractivity contribution in [3.05, 3.63) is 82.6 Å². The van der Waals surface area contributed by atoms with E-state index in [0.29, 0.717) is 16.2 Å². The van der Waals surface area contributed by atoms with Crippen molar-refractivity contribution in [2.24, 2.45) is 0 Å². The molecule has 3 heterocycles. The normalized spacial score (nSPS) is 11.7. The van der Waals surface area contributed by atoms with E-state index in [9.17, 15) is 15.2 Å². The Morgan fingerprint density at radius 3 is 2.31 bits per heavy atom. The number of thiophene rings is 2. The van der Waals surface area contributed by atoms with Crippen LogP contribution in [0.4, 0.5) is 0 Å². The van der Waals surface area contributed by atoms with E-state index >= 15 is 0 Å². The van der Waals surface area contributed by atoms with Gasteiger partial charge >= 0.3 is 5.97 Å².